The Bertz CT molecular complexity index is 417. The highest BCUT2D eigenvalue weighted by molar-refractivity contribution is 9.11. The summed E-state index contributed by atoms with van der Waals surface area (Å²) < 4.78 is 7.88. The number of halogens is 2. The van der Waals surface area contributed by atoms with Crippen molar-refractivity contribution in [1.82, 2.24) is 5.32 Å². The molecule has 1 aromatic carbocycles. The van der Waals surface area contributed by atoms with E-state index in [2.05, 4.69) is 63.2 Å². The molecule has 1 aliphatic heterocycles. The standard InChI is InChI=1S/C14H19Br2NO/c1-3-17-14(10-4-5-18-8-10)11-7-12(15)9(2)6-13(11)16/h6-7,10,14,17H,3-5,8H2,1-2H3. The van der Waals surface area contributed by atoms with Gasteiger partial charge in [0.25, 0.3) is 0 Å². The number of ether oxygens (including phenoxy) is 1. The van der Waals surface area contributed by atoms with Crippen LogP contribution in [0.25, 0.3) is 0 Å². The Hall–Kier alpha value is 0.1000. The summed E-state index contributed by atoms with van der Waals surface area (Å²) in [6, 6.07) is 4.77. The van der Waals surface area contributed by atoms with Crippen molar-refractivity contribution in [3.8, 4) is 0 Å². The molecule has 0 saturated carbocycles. The maximum atomic E-state index is 5.53. The van der Waals surface area contributed by atoms with E-state index in [0.717, 1.165) is 26.2 Å². The van der Waals surface area contributed by atoms with Crippen molar-refractivity contribution >= 4 is 31.9 Å². The quantitative estimate of drug-likeness (QED) is 0.849. The SMILES string of the molecule is CCNC(c1cc(Br)c(C)cc1Br)C1CCOC1. The fourth-order valence-electron chi connectivity index (χ4n) is 2.47. The van der Waals surface area contributed by atoms with Gasteiger partial charge in [0.1, 0.15) is 0 Å². The summed E-state index contributed by atoms with van der Waals surface area (Å²) in [6.45, 7) is 6.98. The molecule has 1 aromatic rings. The van der Waals surface area contributed by atoms with Crippen LogP contribution in [0.1, 0.15) is 30.5 Å². The van der Waals surface area contributed by atoms with Crippen LogP contribution in [0.4, 0.5) is 0 Å². The highest BCUT2D eigenvalue weighted by atomic mass is 79.9. The molecule has 0 bridgehead atoms. The van der Waals surface area contributed by atoms with Gasteiger partial charge in [0.15, 0.2) is 0 Å². The number of hydrogen-bond donors (Lipinski definition) is 1. The van der Waals surface area contributed by atoms with Gasteiger partial charge >= 0.3 is 0 Å². The van der Waals surface area contributed by atoms with E-state index >= 15 is 0 Å². The Labute approximate surface area is 126 Å². The van der Waals surface area contributed by atoms with E-state index in [4.69, 9.17) is 4.74 Å². The molecule has 2 nitrogen and oxygen atoms in total. The first-order chi connectivity index (χ1) is 8.63. The van der Waals surface area contributed by atoms with Crippen LogP contribution in [0.3, 0.4) is 0 Å². The largest absolute Gasteiger partial charge is 0.381 e. The Kier molecular flexibility index (Phi) is 5.24. The molecule has 0 radical (unpaired) electrons. The maximum absolute atomic E-state index is 5.53. The van der Waals surface area contributed by atoms with Crippen molar-refractivity contribution in [1.29, 1.82) is 0 Å². The van der Waals surface area contributed by atoms with Crippen molar-refractivity contribution in [2.45, 2.75) is 26.3 Å². The van der Waals surface area contributed by atoms with Crippen molar-refractivity contribution in [2.75, 3.05) is 19.8 Å². The lowest BCUT2D eigenvalue weighted by molar-refractivity contribution is 0.177. The fraction of sp³-hybridized carbons (Fsp3) is 0.571. The average Bonchev–Trinajstić information content (AvgIpc) is 2.85. The minimum absolute atomic E-state index is 0.365. The predicted octanol–water partition coefficient (Wildman–Crippen LogP) is 4.21. The van der Waals surface area contributed by atoms with Gasteiger partial charge in [-0.1, -0.05) is 38.8 Å². The lowest BCUT2D eigenvalue weighted by Gasteiger charge is -2.25. The van der Waals surface area contributed by atoms with Crippen molar-refractivity contribution in [3.63, 3.8) is 0 Å². The molecular weight excluding hydrogens is 358 g/mol. The first-order valence-corrected chi connectivity index (χ1v) is 7.98. The molecule has 1 N–H and O–H groups in total. The van der Waals surface area contributed by atoms with E-state index in [1.807, 2.05) is 0 Å². The summed E-state index contributed by atoms with van der Waals surface area (Å²) in [5.74, 6) is 0.566. The highest BCUT2D eigenvalue weighted by Crippen LogP contribution is 2.35. The van der Waals surface area contributed by atoms with E-state index < -0.39 is 0 Å². The van der Waals surface area contributed by atoms with E-state index in [9.17, 15) is 0 Å². The first-order valence-electron chi connectivity index (χ1n) is 6.40. The zero-order valence-electron chi connectivity index (χ0n) is 10.8. The highest BCUT2D eigenvalue weighted by Gasteiger charge is 2.28. The van der Waals surface area contributed by atoms with E-state index in [1.165, 1.54) is 20.1 Å². The molecule has 0 aliphatic carbocycles. The number of hydrogen-bond acceptors (Lipinski definition) is 2. The Morgan fingerprint density at radius 1 is 1.39 bits per heavy atom. The second kappa shape index (κ2) is 6.51. The first kappa shape index (κ1) is 14.5. The molecule has 1 heterocycles. The zero-order chi connectivity index (χ0) is 13.1. The molecule has 1 aliphatic rings. The van der Waals surface area contributed by atoms with Crippen LogP contribution in [0.5, 0.6) is 0 Å². The summed E-state index contributed by atoms with van der Waals surface area (Å²) >= 11 is 7.33. The summed E-state index contributed by atoms with van der Waals surface area (Å²) in [6.07, 6.45) is 1.13. The van der Waals surface area contributed by atoms with E-state index in [-0.39, 0.29) is 0 Å². The van der Waals surface area contributed by atoms with Gasteiger partial charge in [-0.15, -0.1) is 0 Å². The maximum Gasteiger partial charge on any atom is 0.0513 e. The average molecular weight is 377 g/mol. The normalized spacial score (nSPS) is 21.2. The monoisotopic (exact) mass is 375 g/mol. The second-order valence-electron chi connectivity index (χ2n) is 4.78. The predicted molar refractivity (Wildman–Crippen MR) is 81.9 cm³/mol. The van der Waals surface area contributed by atoms with Crippen LogP contribution in [0.15, 0.2) is 21.1 Å². The van der Waals surface area contributed by atoms with Gasteiger partial charge in [0, 0.05) is 27.5 Å². The molecule has 0 spiro atoms. The third-order valence-electron chi connectivity index (χ3n) is 3.47. The van der Waals surface area contributed by atoms with Crippen molar-refractivity contribution in [2.24, 2.45) is 5.92 Å². The van der Waals surface area contributed by atoms with Crippen LogP contribution in [-0.2, 0) is 4.74 Å². The molecule has 2 unspecified atom stereocenters. The summed E-state index contributed by atoms with van der Waals surface area (Å²) in [4.78, 5) is 0. The van der Waals surface area contributed by atoms with Gasteiger partial charge in [-0.05, 0) is 43.1 Å². The Morgan fingerprint density at radius 2 is 2.17 bits per heavy atom. The molecule has 2 atom stereocenters. The smallest absolute Gasteiger partial charge is 0.0513 e. The summed E-state index contributed by atoms with van der Waals surface area (Å²) in [7, 11) is 0. The molecule has 18 heavy (non-hydrogen) atoms. The Morgan fingerprint density at radius 3 is 2.78 bits per heavy atom. The third-order valence-corrected chi connectivity index (χ3v) is 5.01. The minimum atomic E-state index is 0.365. The van der Waals surface area contributed by atoms with E-state index in [0.29, 0.717) is 12.0 Å². The molecule has 1 fully saturated rings. The summed E-state index contributed by atoms with van der Waals surface area (Å²) in [5.41, 5.74) is 2.58. The molecular formula is C14H19Br2NO. The van der Waals surface area contributed by atoms with Crippen LogP contribution < -0.4 is 5.32 Å². The van der Waals surface area contributed by atoms with Gasteiger partial charge in [-0.25, -0.2) is 0 Å². The fourth-order valence-corrected chi connectivity index (χ4v) is 3.53. The number of aryl methyl sites for hydroxylation is 1. The van der Waals surface area contributed by atoms with Crippen LogP contribution >= 0.6 is 31.9 Å². The molecule has 1 saturated heterocycles. The van der Waals surface area contributed by atoms with Crippen LogP contribution in [0.2, 0.25) is 0 Å². The molecule has 0 amide bonds. The molecule has 0 aromatic heterocycles. The second-order valence-corrected chi connectivity index (χ2v) is 6.49. The number of benzene rings is 1. The summed E-state index contributed by atoms with van der Waals surface area (Å²) in [5, 5.41) is 3.60. The zero-order valence-corrected chi connectivity index (χ0v) is 14.0. The lowest BCUT2D eigenvalue weighted by Crippen LogP contribution is -2.29. The van der Waals surface area contributed by atoms with Crippen LogP contribution in [0, 0.1) is 12.8 Å². The van der Waals surface area contributed by atoms with Crippen molar-refractivity contribution < 1.29 is 4.74 Å². The van der Waals surface area contributed by atoms with Gasteiger partial charge < -0.3 is 10.1 Å². The van der Waals surface area contributed by atoms with Crippen LogP contribution in [-0.4, -0.2) is 19.8 Å². The lowest BCUT2D eigenvalue weighted by atomic mass is 9.92. The number of rotatable bonds is 4. The van der Waals surface area contributed by atoms with Crippen molar-refractivity contribution in [3.05, 3.63) is 32.2 Å². The topological polar surface area (TPSA) is 21.3 Å². The Balaban J connectivity index is 2.32. The third kappa shape index (κ3) is 3.16. The molecule has 2 rings (SSSR count). The van der Waals surface area contributed by atoms with Gasteiger partial charge in [0.2, 0.25) is 0 Å². The van der Waals surface area contributed by atoms with Gasteiger partial charge in [0.05, 0.1) is 6.61 Å². The molecule has 4 heteroatoms. The minimum Gasteiger partial charge on any atom is -0.381 e. The number of nitrogens with one attached hydrogen (secondary N) is 1. The van der Waals surface area contributed by atoms with E-state index in [1.54, 1.807) is 0 Å². The van der Waals surface area contributed by atoms with Gasteiger partial charge in [-0.2, -0.15) is 0 Å². The van der Waals surface area contributed by atoms with Gasteiger partial charge in [-0.3, -0.25) is 0 Å². The molecule has 100 valence electrons.